The Morgan fingerprint density at radius 1 is 1.09 bits per heavy atom. The molecule has 0 unspecified atom stereocenters. The molecule has 1 N–H and O–H groups in total. The first kappa shape index (κ1) is 32.8. The van der Waals surface area contributed by atoms with E-state index in [0.717, 1.165) is 71.2 Å². The fraction of sp³-hybridized carbons (Fsp3) is 0.667. The number of hydrogen-bond acceptors (Lipinski definition) is 9. The minimum atomic E-state index is -0.510. The summed E-state index contributed by atoms with van der Waals surface area (Å²) in [6, 6.07) is 3.83. The number of methoxy groups -OCH3 is 1. The molecule has 0 atom stereocenters. The van der Waals surface area contributed by atoms with Gasteiger partial charge < -0.3 is 29.5 Å². The molecule has 3 fully saturated rings. The molecular formula is C33H48FN7O4. The maximum Gasteiger partial charge on any atom is 0.407 e. The third-order valence-electron chi connectivity index (χ3n) is 9.88. The number of aromatic nitrogens is 3. The van der Waals surface area contributed by atoms with Gasteiger partial charge in [-0.15, -0.1) is 10.2 Å². The van der Waals surface area contributed by atoms with Crippen LogP contribution in [-0.2, 0) is 4.74 Å². The average Bonchev–Trinajstić information content (AvgIpc) is 2.98. The third-order valence-corrected chi connectivity index (χ3v) is 9.88. The summed E-state index contributed by atoms with van der Waals surface area (Å²) in [7, 11) is 1.41. The Morgan fingerprint density at radius 2 is 1.76 bits per heavy atom. The van der Waals surface area contributed by atoms with Crippen molar-refractivity contribution in [3.05, 3.63) is 35.9 Å². The number of carbonyl (C=O) groups excluding carboxylic acids is 2. The van der Waals surface area contributed by atoms with Crippen LogP contribution in [0.3, 0.4) is 0 Å². The highest BCUT2D eigenvalue weighted by Gasteiger charge is 2.46. The van der Waals surface area contributed by atoms with Crippen molar-refractivity contribution in [2.45, 2.75) is 90.8 Å². The molecule has 12 heteroatoms. The summed E-state index contributed by atoms with van der Waals surface area (Å²) in [5.41, 5.74) is 0.184. The van der Waals surface area contributed by atoms with Crippen molar-refractivity contribution >= 4 is 17.8 Å². The quantitative estimate of drug-likeness (QED) is 0.398. The monoisotopic (exact) mass is 625 g/mol. The lowest BCUT2D eigenvalue weighted by molar-refractivity contribution is 0.0577. The average molecular weight is 626 g/mol. The first-order chi connectivity index (χ1) is 21.4. The Labute approximate surface area is 265 Å². The number of anilines is 1. The first-order valence-corrected chi connectivity index (χ1v) is 16.2. The van der Waals surface area contributed by atoms with Gasteiger partial charge in [0, 0.05) is 42.7 Å². The van der Waals surface area contributed by atoms with Crippen molar-refractivity contribution in [2.75, 3.05) is 44.7 Å². The molecule has 3 heterocycles. The van der Waals surface area contributed by atoms with Crippen molar-refractivity contribution in [2.24, 2.45) is 11.3 Å². The van der Waals surface area contributed by atoms with Crippen molar-refractivity contribution in [1.29, 1.82) is 0 Å². The van der Waals surface area contributed by atoms with E-state index in [1.807, 2.05) is 27.7 Å². The second kappa shape index (κ2) is 13.4. The van der Waals surface area contributed by atoms with Crippen LogP contribution in [0.2, 0.25) is 0 Å². The lowest BCUT2D eigenvalue weighted by atomic mass is 9.71. The summed E-state index contributed by atoms with van der Waals surface area (Å²) >= 11 is 0. The predicted octanol–water partition coefficient (Wildman–Crippen LogP) is 5.27. The predicted molar refractivity (Wildman–Crippen MR) is 169 cm³/mol. The Morgan fingerprint density at radius 3 is 2.38 bits per heavy atom. The number of likely N-dealkylation sites (tertiary alicyclic amines) is 1. The number of nitrogens with one attached hydrogen (secondary N) is 1. The van der Waals surface area contributed by atoms with Gasteiger partial charge in [0.05, 0.1) is 12.7 Å². The lowest BCUT2D eigenvalue weighted by Crippen LogP contribution is -2.61. The van der Waals surface area contributed by atoms with Crippen LogP contribution in [0.15, 0.2) is 24.5 Å². The van der Waals surface area contributed by atoms with Gasteiger partial charge in [0.1, 0.15) is 17.9 Å². The van der Waals surface area contributed by atoms with Crippen LogP contribution < -0.4 is 15.0 Å². The number of ether oxygens (including phenoxy) is 2. The maximum atomic E-state index is 14.3. The van der Waals surface area contributed by atoms with Crippen LogP contribution >= 0.6 is 0 Å². The summed E-state index contributed by atoms with van der Waals surface area (Å²) in [6.07, 6.45) is 7.44. The van der Waals surface area contributed by atoms with Crippen LogP contribution in [-0.4, -0.2) is 94.4 Å². The second-order valence-electron chi connectivity index (χ2n) is 14.0. The van der Waals surface area contributed by atoms with Crippen LogP contribution in [0, 0.1) is 17.2 Å². The van der Waals surface area contributed by atoms with E-state index in [0.29, 0.717) is 11.7 Å². The number of amides is 2. The Kier molecular flexibility index (Phi) is 9.81. The first-order valence-electron chi connectivity index (χ1n) is 16.2. The zero-order chi connectivity index (χ0) is 32.4. The molecule has 2 amide bonds. The number of nitrogens with zero attached hydrogens (tertiary/aromatic N) is 6. The molecule has 2 saturated heterocycles. The third kappa shape index (κ3) is 7.48. The van der Waals surface area contributed by atoms with Gasteiger partial charge in [-0.2, -0.15) is 0 Å². The van der Waals surface area contributed by atoms with E-state index in [1.165, 1.54) is 31.6 Å². The van der Waals surface area contributed by atoms with E-state index in [4.69, 9.17) is 9.47 Å². The topological polar surface area (TPSA) is 113 Å². The number of carbonyl (C=O) groups is 2. The standard InChI is InChI=1S/C33H48FN7O4/c1-22(2)41(23(3)4)30(42)26-17-25(34)7-8-27(26)45-29-28(35-21-36-38-29)40-19-33(20-40)13-15-39(16-14-33)18-24-9-11-32(5,12-10-24)37-31(43)44-6/h7-8,17,21-24H,9-16,18-20H2,1-6H3,(H,37,43). The minimum Gasteiger partial charge on any atom is -0.453 e. The molecule has 1 aromatic heterocycles. The van der Waals surface area contributed by atoms with Gasteiger partial charge >= 0.3 is 6.09 Å². The zero-order valence-electron chi connectivity index (χ0n) is 27.5. The molecule has 0 bridgehead atoms. The minimum absolute atomic E-state index is 0.0696. The molecule has 11 nitrogen and oxygen atoms in total. The fourth-order valence-electron chi connectivity index (χ4n) is 7.33. The summed E-state index contributed by atoms with van der Waals surface area (Å²) in [5.74, 6) is 0.844. The number of rotatable bonds is 9. The van der Waals surface area contributed by atoms with Gasteiger partial charge in [0.2, 0.25) is 0 Å². The molecule has 246 valence electrons. The van der Waals surface area contributed by atoms with E-state index in [9.17, 15) is 14.0 Å². The molecule has 5 rings (SSSR count). The van der Waals surface area contributed by atoms with E-state index in [2.05, 4.69) is 37.2 Å². The molecule has 0 radical (unpaired) electrons. The molecule has 2 aliphatic heterocycles. The summed E-state index contributed by atoms with van der Waals surface area (Å²) in [6.45, 7) is 14.8. The van der Waals surface area contributed by atoms with E-state index >= 15 is 0 Å². The molecule has 1 spiro atoms. The largest absolute Gasteiger partial charge is 0.453 e. The van der Waals surface area contributed by atoms with Crippen molar-refractivity contribution in [3.63, 3.8) is 0 Å². The summed E-state index contributed by atoms with van der Waals surface area (Å²) < 4.78 is 25.3. The van der Waals surface area contributed by atoms with Crippen molar-refractivity contribution in [3.8, 4) is 11.6 Å². The van der Waals surface area contributed by atoms with Crippen molar-refractivity contribution < 1.29 is 23.5 Å². The van der Waals surface area contributed by atoms with Crippen molar-refractivity contribution in [1.82, 2.24) is 30.3 Å². The summed E-state index contributed by atoms with van der Waals surface area (Å²) in [4.78, 5) is 36.2. The van der Waals surface area contributed by atoms with Crippen LogP contribution in [0.25, 0.3) is 0 Å². The normalized spacial score (nSPS) is 23.1. The van der Waals surface area contributed by atoms with E-state index in [-0.39, 0.29) is 52.2 Å². The number of piperidine rings is 1. The second-order valence-corrected chi connectivity index (χ2v) is 14.0. The fourth-order valence-corrected chi connectivity index (χ4v) is 7.33. The van der Waals surface area contributed by atoms with Gasteiger partial charge in [-0.25, -0.2) is 14.2 Å². The highest BCUT2D eigenvalue weighted by Crippen LogP contribution is 2.45. The van der Waals surface area contributed by atoms with Crippen LogP contribution in [0.5, 0.6) is 11.6 Å². The highest BCUT2D eigenvalue weighted by atomic mass is 19.1. The number of hydrogen-bond donors (Lipinski definition) is 1. The Hall–Kier alpha value is -3.54. The zero-order valence-corrected chi connectivity index (χ0v) is 27.5. The van der Waals surface area contributed by atoms with Gasteiger partial charge in [-0.3, -0.25) is 4.79 Å². The maximum absolute atomic E-state index is 14.3. The van der Waals surface area contributed by atoms with Crippen LogP contribution in [0.1, 0.15) is 83.5 Å². The van der Waals surface area contributed by atoms with E-state index < -0.39 is 5.82 Å². The number of halogens is 1. The molecule has 1 aliphatic carbocycles. The molecule has 1 saturated carbocycles. The molecule has 1 aromatic carbocycles. The molecular weight excluding hydrogens is 577 g/mol. The molecule has 45 heavy (non-hydrogen) atoms. The SMILES string of the molecule is COC(=O)NC1(C)CCC(CN2CCC3(CC2)CN(c2ncnnc2Oc2ccc(F)cc2C(=O)N(C(C)C)C(C)C)C3)CC1. The Balaban J connectivity index is 1.17. The number of benzene rings is 1. The smallest absolute Gasteiger partial charge is 0.407 e. The highest BCUT2D eigenvalue weighted by molar-refractivity contribution is 5.97. The lowest BCUT2D eigenvalue weighted by Gasteiger charge is -2.54. The van der Waals surface area contributed by atoms with Gasteiger partial charge in [-0.05, 0) is 110 Å². The van der Waals surface area contributed by atoms with E-state index in [1.54, 1.807) is 4.90 Å². The van der Waals surface area contributed by atoms with Crippen LogP contribution in [0.4, 0.5) is 15.0 Å². The molecule has 3 aliphatic rings. The molecule has 2 aromatic rings. The number of alkyl carbamates (subject to hydrolysis) is 1. The van der Waals surface area contributed by atoms with Gasteiger partial charge in [0.25, 0.3) is 11.8 Å². The van der Waals surface area contributed by atoms with Gasteiger partial charge in [0.15, 0.2) is 5.82 Å². The Bertz CT molecular complexity index is 1340. The van der Waals surface area contributed by atoms with Gasteiger partial charge in [-0.1, -0.05) is 0 Å². The summed E-state index contributed by atoms with van der Waals surface area (Å²) in [5, 5.41) is 11.2.